The fraction of sp³-hybridized carbons (Fsp3) is 0.368. The first kappa shape index (κ1) is 16.5. The molecule has 0 bridgehead atoms. The van der Waals surface area contributed by atoms with E-state index >= 15 is 0 Å². The molecule has 0 radical (unpaired) electrons. The molecule has 1 aromatic carbocycles. The van der Waals surface area contributed by atoms with E-state index < -0.39 is 0 Å². The first-order chi connectivity index (χ1) is 12.7. The van der Waals surface area contributed by atoms with Crippen LogP contribution in [0.2, 0.25) is 0 Å². The molecule has 0 saturated heterocycles. The zero-order chi connectivity index (χ0) is 17.9. The lowest BCUT2D eigenvalue weighted by molar-refractivity contribution is 0.102. The summed E-state index contributed by atoms with van der Waals surface area (Å²) in [5.74, 6) is 1.33. The first-order valence-corrected chi connectivity index (χ1v) is 9.05. The van der Waals surface area contributed by atoms with Crippen LogP contribution in [0.15, 0.2) is 36.8 Å². The summed E-state index contributed by atoms with van der Waals surface area (Å²) < 4.78 is 0. The number of carbonyl (C=O) groups is 1. The maximum Gasteiger partial charge on any atom is 0.274 e. The van der Waals surface area contributed by atoms with Crippen LogP contribution >= 0.6 is 0 Å². The number of H-pyrrole nitrogens is 1. The van der Waals surface area contributed by atoms with Crippen LogP contribution < -0.4 is 10.2 Å². The molecule has 2 aromatic heterocycles. The van der Waals surface area contributed by atoms with E-state index in [9.17, 15) is 4.79 Å². The summed E-state index contributed by atoms with van der Waals surface area (Å²) in [6.45, 7) is 4.09. The SMILES string of the molecule is CCCN(CC1CC1)c1cc(C(=O)Nc2cccc3[nH]ncc23)ncn1. The van der Waals surface area contributed by atoms with Gasteiger partial charge < -0.3 is 10.2 Å². The summed E-state index contributed by atoms with van der Waals surface area (Å²) in [7, 11) is 0. The van der Waals surface area contributed by atoms with Crippen molar-refractivity contribution in [1.82, 2.24) is 20.2 Å². The number of aromatic amines is 1. The van der Waals surface area contributed by atoms with Crippen molar-refractivity contribution in [2.24, 2.45) is 5.92 Å². The van der Waals surface area contributed by atoms with Crippen LogP contribution in [0.5, 0.6) is 0 Å². The molecule has 1 aliphatic rings. The lowest BCUT2D eigenvalue weighted by Crippen LogP contribution is -2.28. The summed E-state index contributed by atoms with van der Waals surface area (Å²) in [6.07, 6.45) is 6.79. The van der Waals surface area contributed by atoms with Crippen LogP contribution in [-0.2, 0) is 0 Å². The molecule has 134 valence electrons. The maximum atomic E-state index is 12.7. The van der Waals surface area contributed by atoms with E-state index in [1.807, 2.05) is 18.2 Å². The number of nitrogens with zero attached hydrogens (tertiary/aromatic N) is 4. The summed E-state index contributed by atoms with van der Waals surface area (Å²) >= 11 is 0. The predicted molar refractivity (Wildman–Crippen MR) is 101 cm³/mol. The summed E-state index contributed by atoms with van der Waals surface area (Å²) in [4.78, 5) is 23.5. The standard InChI is InChI=1S/C19H22N6O/c1-2-8-25(11-13-6-7-13)18-9-17(20-12-21-18)19(26)23-15-4-3-5-16-14(15)10-22-24-16/h3-5,9-10,12-13H,2,6-8,11H2,1H3,(H,22,24)(H,23,26). The Morgan fingerprint density at radius 2 is 2.23 bits per heavy atom. The van der Waals surface area contributed by atoms with Gasteiger partial charge in [0, 0.05) is 24.5 Å². The molecule has 0 spiro atoms. The highest BCUT2D eigenvalue weighted by Crippen LogP contribution is 2.31. The lowest BCUT2D eigenvalue weighted by Gasteiger charge is -2.23. The molecule has 4 rings (SSSR count). The van der Waals surface area contributed by atoms with Gasteiger partial charge in [0.25, 0.3) is 5.91 Å². The second kappa shape index (κ2) is 7.11. The predicted octanol–water partition coefficient (Wildman–Crippen LogP) is 3.23. The Morgan fingerprint density at radius 1 is 1.35 bits per heavy atom. The minimum absolute atomic E-state index is 0.245. The van der Waals surface area contributed by atoms with Crippen molar-refractivity contribution in [3.63, 3.8) is 0 Å². The van der Waals surface area contributed by atoms with E-state index in [2.05, 4.69) is 37.3 Å². The molecule has 1 saturated carbocycles. The van der Waals surface area contributed by atoms with Gasteiger partial charge in [0.2, 0.25) is 0 Å². The van der Waals surface area contributed by atoms with Gasteiger partial charge in [-0.25, -0.2) is 9.97 Å². The van der Waals surface area contributed by atoms with Crippen molar-refractivity contribution in [3.8, 4) is 0 Å². The second-order valence-electron chi connectivity index (χ2n) is 6.74. The molecule has 26 heavy (non-hydrogen) atoms. The van der Waals surface area contributed by atoms with Crippen molar-refractivity contribution in [2.75, 3.05) is 23.3 Å². The van der Waals surface area contributed by atoms with Gasteiger partial charge in [-0.05, 0) is 37.3 Å². The van der Waals surface area contributed by atoms with Crippen LogP contribution in [0.3, 0.4) is 0 Å². The van der Waals surface area contributed by atoms with Gasteiger partial charge in [0.15, 0.2) is 0 Å². The normalized spacial score (nSPS) is 13.7. The van der Waals surface area contributed by atoms with E-state index in [1.54, 1.807) is 12.3 Å². The van der Waals surface area contributed by atoms with E-state index in [-0.39, 0.29) is 5.91 Å². The van der Waals surface area contributed by atoms with Gasteiger partial charge in [0.1, 0.15) is 17.8 Å². The minimum atomic E-state index is -0.245. The molecule has 3 aromatic rings. The fourth-order valence-corrected chi connectivity index (χ4v) is 3.09. The van der Waals surface area contributed by atoms with Gasteiger partial charge in [-0.15, -0.1) is 0 Å². The maximum absolute atomic E-state index is 12.7. The molecule has 1 amide bonds. The Morgan fingerprint density at radius 3 is 3.04 bits per heavy atom. The number of hydrogen-bond donors (Lipinski definition) is 2. The van der Waals surface area contributed by atoms with E-state index in [4.69, 9.17) is 0 Å². The molecular weight excluding hydrogens is 328 g/mol. The lowest BCUT2D eigenvalue weighted by atomic mass is 10.2. The van der Waals surface area contributed by atoms with Crippen LogP contribution in [0.4, 0.5) is 11.5 Å². The topological polar surface area (TPSA) is 86.8 Å². The summed E-state index contributed by atoms with van der Waals surface area (Å²) in [6, 6.07) is 7.43. The number of benzene rings is 1. The average molecular weight is 350 g/mol. The van der Waals surface area contributed by atoms with E-state index in [0.717, 1.165) is 42.1 Å². The molecule has 2 heterocycles. The van der Waals surface area contributed by atoms with Gasteiger partial charge in [-0.3, -0.25) is 9.89 Å². The van der Waals surface area contributed by atoms with E-state index in [1.165, 1.54) is 19.2 Å². The van der Waals surface area contributed by atoms with Gasteiger partial charge in [-0.1, -0.05) is 13.0 Å². The second-order valence-corrected chi connectivity index (χ2v) is 6.74. The Labute approximate surface area is 151 Å². The third kappa shape index (κ3) is 3.51. The molecule has 0 unspecified atom stereocenters. The molecule has 1 fully saturated rings. The van der Waals surface area contributed by atoms with Crippen molar-refractivity contribution >= 4 is 28.3 Å². The van der Waals surface area contributed by atoms with Crippen LogP contribution in [-0.4, -0.2) is 39.2 Å². The number of fused-ring (bicyclic) bond motifs is 1. The average Bonchev–Trinajstić information content (AvgIpc) is 3.34. The number of nitrogens with one attached hydrogen (secondary N) is 2. The zero-order valence-electron chi connectivity index (χ0n) is 14.8. The van der Waals surface area contributed by atoms with E-state index in [0.29, 0.717) is 11.4 Å². The Balaban J connectivity index is 1.55. The van der Waals surface area contributed by atoms with Crippen molar-refractivity contribution < 1.29 is 4.79 Å². The highest BCUT2D eigenvalue weighted by atomic mass is 16.1. The van der Waals surface area contributed by atoms with Crippen LogP contribution in [0.1, 0.15) is 36.7 Å². The van der Waals surface area contributed by atoms with Crippen molar-refractivity contribution in [2.45, 2.75) is 26.2 Å². The van der Waals surface area contributed by atoms with Crippen LogP contribution in [0, 0.1) is 5.92 Å². The summed E-state index contributed by atoms with van der Waals surface area (Å²) in [5.41, 5.74) is 1.96. The smallest absolute Gasteiger partial charge is 0.274 e. The third-order valence-corrected chi connectivity index (χ3v) is 4.61. The molecular formula is C19H22N6O. The van der Waals surface area contributed by atoms with Gasteiger partial charge >= 0.3 is 0 Å². The Kier molecular flexibility index (Phi) is 4.51. The minimum Gasteiger partial charge on any atom is -0.356 e. The monoisotopic (exact) mass is 350 g/mol. The highest BCUT2D eigenvalue weighted by Gasteiger charge is 2.25. The summed E-state index contributed by atoms with van der Waals surface area (Å²) in [5, 5.41) is 10.7. The van der Waals surface area contributed by atoms with Crippen LogP contribution in [0.25, 0.3) is 10.9 Å². The molecule has 0 atom stereocenters. The number of rotatable bonds is 7. The molecule has 0 aliphatic heterocycles. The quantitative estimate of drug-likeness (QED) is 0.683. The van der Waals surface area contributed by atoms with Crippen molar-refractivity contribution in [1.29, 1.82) is 0 Å². The first-order valence-electron chi connectivity index (χ1n) is 9.05. The highest BCUT2D eigenvalue weighted by molar-refractivity contribution is 6.07. The molecule has 7 nitrogen and oxygen atoms in total. The Bertz CT molecular complexity index is 917. The number of amides is 1. The molecule has 2 N–H and O–H groups in total. The number of carbonyl (C=O) groups excluding carboxylic acids is 1. The largest absolute Gasteiger partial charge is 0.356 e. The number of hydrogen-bond acceptors (Lipinski definition) is 5. The number of anilines is 2. The van der Waals surface area contributed by atoms with Gasteiger partial charge in [0.05, 0.1) is 17.4 Å². The number of aromatic nitrogens is 4. The zero-order valence-corrected chi connectivity index (χ0v) is 14.8. The molecule has 1 aliphatic carbocycles. The van der Waals surface area contributed by atoms with Crippen molar-refractivity contribution in [3.05, 3.63) is 42.5 Å². The third-order valence-electron chi connectivity index (χ3n) is 4.61. The Hall–Kier alpha value is -2.96. The molecule has 7 heteroatoms. The fourth-order valence-electron chi connectivity index (χ4n) is 3.09. The van der Waals surface area contributed by atoms with Gasteiger partial charge in [-0.2, -0.15) is 5.10 Å².